The Balaban J connectivity index is 1.56. The second-order valence-electron chi connectivity index (χ2n) is 6.41. The lowest BCUT2D eigenvalue weighted by atomic mass is 10.0. The van der Waals surface area contributed by atoms with Crippen LogP contribution in [0.2, 0.25) is 5.02 Å². The van der Waals surface area contributed by atoms with Crippen molar-refractivity contribution in [3.63, 3.8) is 0 Å². The molecule has 2 fully saturated rings. The van der Waals surface area contributed by atoms with E-state index in [4.69, 9.17) is 16.3 Å². The first kappa shape index (κ1) is 19.2. The van der Waals surface area contributed by atoms with Crippen LogP contribution in [-0.4, -0.2) is 65.1 Å². The minimum atomic E-state index is -0.205. The topological polar surface area (TPSA) is 61.9 Å². The molecule has 1 N–H and O–H groups in total. The average molecular weight is 398 g/mol. The number of urea groups is 1. The number of rotatable bonds is 4. The number of piperidine rings is 1. The van der Waals surface area contributed by atoms with E-state index in [0.29, 0.717) is 30.4 Å². The summed E-state index contributed by atoms with van der Waals surface area (Å²) in [5.41, 5.74) is 0. The molecule has 0 atom stereocenters. The third-order valence-corrected chi connectivity index (χ3v) is 6.62. The number of carbonyl (C=O) groups is 2. The van der Waals surface area contributed by atoms with Crippen LogP contribution in [0.4, 0.5) is 4.79 Å². The van der Waals surface area contributed by atoms with Crippen LogP contribution in [0.25, 0.3) is 0 Å². The summed E-state index contributed by atoms with van der Waals surface area (Å²) in [7, 11) is 0. The van der Waals surface area contributed by atoms with Crippen LogP contribution < -0.4 is 10.1 Å². The van der Waals surface area contributed by atoms with E-state index in [2.05, 4.69) is 5.32 Å². The molecule has 2 aliphatic heterocycles. The molecule has 0 saturated carbocycles. The number of amides is 3. The first-order valence-electron chi connectivity index (χ1n) is 8.90. The van der Waals surface area contributed by atoms with E-state index in [1.165, 1.54) is 0 Å². The standard InChI is InChI=1S/C18H24ClN3O3S/c1-2-20-17(24)21-9-7-18(8-10-21)22(11-12-26-18)16(23)13-25-15-5-3-14(19)4-6-15/h3-6H,2,7-13H2,1H3,(H,20,24). The Morgan fingerprint density at radius 3 is 2.58 bits per heavy atom. The Kier molecular flexibility index (Phi) is 6.19. The summed E-state index contributed by atoms with van der Waals surface area (Å²) in [6, 6.07) is 6.98. The van der Waals surface area contributed by atoms with Gasteiger partial charge in [0.15, 0.2) is 6.61 Å². The molecular formula is C18H24ClN3O3S. The van der Waals surface area contributed by atoms with Gasteiger partial charge in [0.1, 0.15) is 5.75 Å². The summed E-state index contributed by atoms with van der Waals surface area (Å²) in [6.45, 7) is 4.62. The van der Waals surface area contributed by atoms with Crippen molar-refractivity contribution in [1.82, 2.24) is 15.1 Å². The van der Waals surface area contributed by atoms with Crippen molar-refractivity contribution in [1.29, 1.82) is 0 Å². The number of halogens is 1. The second-order valence-corrected chi connectivity index (χ2v) is 8.30. The Morgan fingerprint density at radius 1 is 1.23 bits per heavy atom. The lowest BCUT2D eigenvalue weighted by molar-refractivity contribution is -0.136. The second kappa shape index (κ2) is 8.39. The fourth-order valence-electron chi connectivity index (χ4n) is 3.45. The van der Waals surface area contributed by atoms with Gasteiger partial charge in [-0.1, -0.05) is 11.6 Å². The molecule has 26 heavy (non-hydrogen) atoms. The van der Waals surface area contributed by atoms with E-state index in [1.54, 1.807) is 24.3 Å². The molecule has 3 amide bonds. The molecule has 142 valence electrons. The number of thioether (sulfide) groups is 1. The summed E-state index contributed by atoms with van der Waals surface area (Å²) in [5, 5.41) is 3.48. The SMILES string of the molecule is CCNC(=O)N1CCC2(CC1)SCCN2C(=O)COc1ccc(Cl)cc1. The van der Waals surface area contributed by atoms with Gasteiger partial charge in [0, 0.05) is 37.0 Å². The summed E-state index contributed by atoms with van der Waals surface area (Å²) in [6.07, 6.45) is 1.59. The van der Waals surface area contributed by atoms with Crippen LogP contribution >= 0.6 is 23.4 Å². The zero-order chi connectivity index (χ0) is 18.6. The Bertz CT molecular complexity index is 648. The summed E-state index contributed by atoms with van der Waals surface area (Å²) >= 11 is 7.69. The molecule has 1 aromatic rings. The summed E-state index contributed by atoms with van der Waals surface area (Å²) in [4.78, 5) is 28.3. The highest BCUT2D eigenvalue weighted by molar-refractivity contribution is 8.00. The predicted molar refractivity (Wildman–Crippen MR) is 104 cm³/mol. The molecule has 8 heteroatoms. The first-order valence-corrected chi connectivity index (χ1v) is 10.3. The maximum Gasteiger partial charge on any atom is 0.317 e. The van der Waals surface area contributed by atoms with E-state index in [-0.39, 0.29) is 23.4 Å². The number of nitrogens with zero attached hydrogens (tertiary/aromatic N) is 2. The van der Waals surface area contributed by atoms with Crippen LogP contribution in [0.15, 0.2) is 24.3 Å². The number of ether oxygens (including phenoxy) is 1. The molecule has 2 heterocycles. The van der Waals surface area contributed by atoms with Gasteiger partial charge >= 0.3 is 6.03 Å². The largest absolute Gasteiger partial charge is 0.484 e. The summed E-state index contributed by atoms with van der Waals surface area (Å²) < 4.78 is 5.63. The number of hydrogen-bond donors (Lipinski definition) is 1. The fraction of sp³-hybridized carbons (Fsp3) is 0.556. The van der Waals surface area contributed by atoms with Crippen LogP contribution in [0, 0.1) is 0 Å². The van der Waals surface area contributed by atoms with Crippen molar-refractivity contribution >= 4 is 35.3 Å². The van der Waals surface area contributed by atoms with Gasteiger partial charge < -0.3 is 19.9 Å². The lowest BCUT2D eigenvalue weighted by Crippen LogP contribution is -2.55. The van der Waals surface area contributed by atoms with Crippen LogP contribution in [0.1, 0.15) is 19.8 Å². The van der Waals surface area contributed by atoms with Crippen LogP contribution in [-0.2, 0) is 4.79 Å². The van der Waals surface area contributed by atoms with Crippen molar-refractivity contribution in [3.05, 3.63) is 29.3 Å². The molecule has 0 bridgehead atoms. The van der Waals surface area contributed by atoms with Gasteiger partial charge in [0.2, 0.25) is 0 Å². The van der Waals surface area contributed by atoms with Crippen molar-refractivity contribution in [2.24, 2.45) is 0 Å². The van der Waals surface area contributed by atoms with Gasteiger partial charge in [-0.2, -0.15) is 0 Å². The molecule has 0 aliphatic carbocycles. The third-order valence-electron chi connectivity index (χ3n) is 4.81. The van der Waals surface area contributed by atoms with E-state index in [0.717, 1.165) is 25.1 Å². The average Bonchev–Trinajstić information content (AvgIpc) is 3.05. The number of benzene rings is 1. The van der Waals surface area contributed by atoms with Crippen LogP contribution in [0.5, 0.6) is 5.75 Å². The van der Waals surface area contributed by atoms with Crippen molar-refractivity contribution in [2.75, 3.05) is 38.5 Å². The first-order chi connectivity index (χ1) is 12.5. The van der Waals surface area contributed by atoms with Crippen molar-refractivity contribution in [2.45, 2.75) is 24.6 Å². The fourth-order valence-corrected chi connectivity index (χ4v) is 5.05. The number of carbonyl (C=O) groups excluding carboxylic acids is 2. The molecule has 1 aromatic carbocycles. The smallest absolute Gasteiger partial charge is 0.317 e. The monoisotopic (exact) mass is 397 g/mol. The van der Waals surface area contributed by atoms with Gasteiger partial charge in [-0.05, 0) is 44.0 Å². The molecule has 0 aromatic heterocycles. The maximum atomic E-state index is 12.7. The Morgan fingerprint density at radius 2 is 1.92 bits per heavy atom. The molecule has 6 nitrogen and oxygen atoms in total. The molecular weight excluding hydrogens is 374 g/mol. The minimum absolute atomic E-state index is 0.00332. The lowest BCUT2D eigenvalue weighted by Gasteiger charge is -2.43. The van der Waals surface area contributed by atoms with E-state index >= 15 is 0 Å². The van der Waals surface area contributed by atoms with Gasteiger partial charge in [0.25, 0.3) is 5.91 Å². The minimum Gasteiger partial charge on any atom is -0.484 e. The highest BCUT2D eigenvalue weighted by atomic mass is 35.5. The number of likely N-dealkylation sites (tertiary alicyclic amines) is 1. The summed E-state index contributed by atoms with van der Waals surface area (Å²) in [5.74, 6) is 1.56. The third kappa shape index (κ3) is 4.20. The van der Waals surface area contributed by atoms with E-state index in [1.807, 2.05) is 28.5 Å². The maximum absolute atomic E-state index is 12.7. The van der Waals surface area contributed by atoms with E-state index in [9.17, 15) is 9.59 Å². The van der Waals surface area contributed by atoms with Crippen molar-refractivity contribution < 1.29 is 14.3 Å². The van der Waals surface area contributed by atoms with Gasteiger partial charge in [-0.25, -0.2) is 4.79 Å². The Hall–Kier alpha value is -1.60. The quantitative estimate of drug-likeness (QED) is 0.848. The van der Waals surface area contributed by atoms with Gasteiger partial charge in [-0.15, -0.1) is 11.8 Å². The molecule has 2 aliphatic rings. The molecule has 0 radical (unpaired) electrons. The van der Waals surface area contributed by atoms with Gasteiger partial charge in [-0.3, -0.25) is 4.79 Å². The van der Waals surface area contributed by atoms with E-state index < -0.39 is 0 Å². The normalized spacial score (nSPS) is 18.8. The molecule has 2 saturated heterocycles. The van der Waals surface area contributed by atoms with Crippen LogP contribution in [0.3, 0.4) is 0 Å². The van der Waals surface area contributed by atoms with Crippen molar-refractivity contribution in [3.8, 4) is 5.75 Å². The highest BCUT2D eigenvalue weighted by Gasteiger charge is 2.46. The number of hydrogen-bond acceptors (Lipinski definition) is 4. The molecule has 3 rings (SSSR count). The highest BCUT2D eigenvalue weighted by Crippen LogP contribution is 2.43. The molecule has 0 unspecified atom stereocenters. The zero-order valence-corrected chi connectivity index (χ0v) is 16.4. The predicted octanol–water partition coefficient (Wildman–Crippen LogP) is 2.82. The molecule has 1 spiro atoms. The zero-order valence-electron chi connectivity index (χ0n) is 14.9. The van der Waals surface area contributed by atoms with Gasteiger partial charge in [0.05, 0.1) is 4.87 Å². The Labute approximate surface area is 163 Å². The number of nitrogens with one attached hydrogen (secondary N) is 1.